The minimum atomic E-state index is -1.07. The van der Waals surface area contributed by atoms with Gasteiger partial charge in [0.2, 0.25) is 5.91 Å². The van der Waals surface area contributed by atoms with E-state index in [1.807, 2.05) is 6.92 Å². The van der Waals surface area contributed by atoms with E-state index in [1.54, 1.807) is 0 Å². The highest BCUT2D eigenvalue weighted by molar-refractivity contribution is 5.91. The second-order valence-corrected chi connectivity index (χ2v) is 6.83. The van der Waals surface area contributed by atoms with E-state index in [-0.39, 0.29) is 43.0 Å². The molecule has 11 nitrogen and oxygen atoms in total. The molecule has 0 aliphatic carbocycles. The summed E-state index contributed by atoms with van der Waals surface area (Å²) in [7, 11) is 0. The number of carbonyl (C=O) groups excluding carboxylic acids is 2. The van der Waals surface area contributed by atoms with Gasteiger partial charge in [-0.05, 0) is 32.1 Å². The molecule has 0 aliphatic heterocycles. The first-order valence-electron chi connectivity index (χ1n) is 9.83. The molecule has 0 rings (SSSR count). The molecule has 0 spiro atoms. The first-order valence-corrected chi connectivity index (χ1v) is 9.83. The quantitative estimate of drug-likeness (QED) is 0.109. The van der Waals surface area contributed by atoms with Crippen LogP contribution in [-0.2, 0) is 14.4 Å². The van der Waals surface area contributed by atoms with Gasteiger partial charge in [0.05, 0.1) is 12.0 Å². The lowest BCUT2D eigenvalue weighted by atomic mass is 9.92. The van der Waals surface area contributed by atoms with E-state index in [0.717, 1.165) is 6.42 Å². The van der Waals surface area contributed by atoms with E-state index < -0.39 is 17.9 Å². The van der Waals surface area contributed by atoms with Gasteiger partial charge in [-0.15, -0.1) is 0 Å². The monoisotopic (exact) mass is 413 g/mol. The number of hydrogen-bond donors (Lipinski definition) is 6. The molecule has 0 aromatic rings. The molecule has 0 fully saturated rings. The first kappa shape index (κ1) is 26.1. The SMILES string of the molecule is CCCCC(=O)N[C@@H](CCCN=C(N)N)C(=O)C[C@H](CCCN=C(N)N)C(=O)O. The van der Waals surface area contributed by atoms with E-state index in [0.29, 0.717) is 38.6 Å². The minimum Gasteiger partial charge on any atom is -0.481 e. The number of unbranched alkanes of at least 4 members (excludes halogenated alkanes) is 1. The Bertz CT molecular complexity index is 585. The summed E-state index contributed by atoms with van der Waals surface area (Å²) in [4.78, 5) is 44.0. The predicted octanol–water partition coefficient (Wildman–Crippen LogP) is -0.571. The minimum absolute atomic E-state index is 0.0495. The zero-order valence-electron chi connectivity index (χ0n) is 17.1. The Morgan fingerprint density at radius 2 is 1.48 bits per heavy atom. The van der Waals surface area contributed by atoms with Gasteiger partial charge in [-0.2, -0.15) is 0 Å². The van der Waals surface area contributed by atoms with Gasteiger partial charge in [-0.1, -0.05) is 13.3 Å². The third-order valence-corrected chi connectivity index (χ3v) is 4.23. The van der Waals surface area contributed by atoms with Crippen LogP contribution in [0, 0.1) is 5.92 Å². The second kappa shape index (κ2) is 15.1. The van der Waals surface area contributed by atoms with E-state index in [4.69, 9.17) is 22.9 Å². The lowest BCUT2D eigenvalue weighted by Gasteiger charge is -2.20. The van der Waals surface area contributed by atoms with Crippen molar-refractivity contribution in [1.29, 1.82) is 0 Å². The maximum absolute atomic E-state index is 12.7. The molecule has 0 saturated carbocycles. The Kier molecular flexibility index (Phi) is 13.6. The normalized spacial score (nSPS) is 12.4. The number of aliphatic carboxylic acids is 1. The van der Waals surface area contributed by atoms with Crippen LogP contribution in [0.5, 0.6) is 0 Å². The van der Waals surface area contributed by atoms with Crippen molar-refractivity contribution in [2.75, 3.05) is 13.1 Å². The van der Waals surface area contributed by atoms with E-state index in [9.17, 15) is 19.5 Å². The molecule has 166 valence electrons. The smallest absolute Gasteiger partial charge is 0.306 e. The number of hydrogen-bond acceptors (Lipinski definition) is 5. The molecule has 11 heteroatoms. The van der Waals surface area contributed by atoms with Crippen LogP contribution in [0.4, 0.5) is 0 Å². The van der Waals surface area contributed by atoms with Crippen molar-refractivity contribution in [2.45, 2.75) is 64.3 Å². The average Bonchev–Trinajstić information content (AvgIpc) is 2.64. The molecule has 0 heterocycles. The average molecular weight is 414 g/mol. The van der Waals surface area contributed by atoms with Gasteiger partial charge >= 0.3 is 5.97 Å². The van der Waals surface area contributed by atoms with Crippen molar-refractivity contribution >= 4 is 29.6 Å². The fraction of sp³-hybridized carbons (Fsp3) is 0.722. The molecule has 2 atom stereocenters. The van der Waals surface area contributed by atoms with Gasteiger partial charge in [0.1, 0.15) is 0 Å². The number of guanidine groups is 2. The fourth-order valence-corrected chi connectivity index (χ4v) is 2.66. The van der Waals surface area contributed by atoms with E-state index in [2.05, 4.69) is 15.3 Å². The van der Waals surface area contributed by atoms with Crippen molar-refractivity contribution in [3.63, 3.8) is 0 Å². The summed E-state index contributed by atoms with van der Waals surface area (Å²) < 4.78 is 0. The van der Waals surface area contributed by atoms with Gasteiger partial charge in [-0.25, -0.2) is 0 Å². The number of amides is 1. The summed E-state index contributed by atoms with van der Waals surface area (Å²) in [5.41, 5.74) is 21.0. The molecule has 0 unspecified atom stereocenters. The molecule has 0 radical (unpaired) electrons. The largest absolute Gasteiger partial charge is 0.481 e. The lowest BCUT2D eigenvalue weighted by Crippen LogP contribution is -2.42. The highest BCUT2D eigenvalue weighted by Crippen LogP contribution is 2.15. The summed E-state index contributed by atoms with van der Waals surface area (Å²) in [5.74, 6) is -2.61. The van der Waals surface area contributed by atoms with Gasteiger partial charge in [-0.3, -0.25) is 24.4 Å². The molecule has 1 amide bonds. The summed E-state index contributed by atoms with van der Waals surface area (Å²) >= 11 is 0. The van der Waals surface area contributed by atoms with Crippen molar-refractivity contribution in [2.24, 2.45) is 38.8 Å². The topological polar surface area (TPSA) is 212 Å². The lowest BCUT2D eigenvalue weighted by molar-refractivity contribution is -0.144. The number of ketones is 1. The number of carbonyl (C=O) groups is 3. The number of rotatable bonds is 16. The number of Topliss-reactive ketones (excluding diaryl/α,β-unsaturated/α-hetero) is 1. The Labute approximate surface area is 171 Å². The Hall–Kier alpha value is -2.85. The summed E-state index contributed by atoms with van der Waals surface area (Å²) in [6, 6.07) is -0.770. The molecular weight excluding hydrogens is 378 g/mol. The zero-order valence-corrected chi connectivity index (χ0v) is 17.1. The molecule has 0 saturated heterocycles. The van der Waals surface area contributed by atoms with Crippen molar-refractivity contribution < 1.29 is 19.5 Å². The Morgan fingerprint density at radius 1 is 0.931 bits per heavy atom. The predicted molar refractivity (Wildman–Crippen MR) is 112 cm³/mol. The maximum Gasteiger partial charge on any atom is 0.306 e. The summed E-state index contributed by atoms with van der Waals surface area (Å²) in [6.07, 6.45) is 3.19. The van der Waals surface area contributed by atoms with Gasteiger partial charge < -0.3 is 33.4 Å². The van der Waals surface area contributed by atoms with Crippen molar-refractivity contribution in [3.05, 3.63) is 0 Å². The fourth-order valence-electron chi connectivity index (χ4n) is 2.66. The van der Waals surface area contributed by atoms with Crippen LogP contribution in [0.2, 0.25) is 0 Å². The van der Waals surface area contributed by atoms with Crippen LogP contribution in [0.15, 0.2) is 9.98 Å². The van der Waals surface area contributed by atoms with Crippen LogP contribution < -0.4 is 28.3 Å². The number of carboxylic acids is 1. The number of nitrogens with one attached hydrogen (secondary N) is 1. The van der Waals surface area contributed by atoms with Gasteiger partial charge in [0.25, 0.3) is 0 Å². The Balaban J connectivity index is 4.91. The molecule has 0 aromatic carbocycles. The highest BCUT2D eigenvalue weighted by atomic mass is 16.4. The third-order valence-electron chi connectivity index (χ3n) is 4.23. The number of nitrogens with two attached hydrogens (primary N) is 4. The number of nitrogens with zero attached hydrogens (tertiary/aromatic N) is 2. The van der Waals surface area contributed by atoms with Gasteiger partial charge in [0.15, 0.2) is 17.7 Å². The summed E-state index contributed by atoms with van der Waals surface area (Å²) in [5, 5.41) is 12.1. The maximum atomic E-state index is 12.7. The molecule has 0 aromatic heterocycles. The van der Waals surface area contributed by atoms with Crippen molar-refractivity contribution in [1.82, 2.24) is 5.32 Å². The first-order chi connectivity index (χ1) is 13.7. The molecular formula is C18H35N7O4. The van der Waals surface area contributed by atoms with Crippen molar-refractivity contribution in [3.8, 4) is 0 Å². The molecule has 10 N–H and O–H groups in total. The van der Waals surface area contributed by atoms with Crippen LogP contribution in [0.3, 0.4) is 0 Å². The van der Waals surface area contributed by atoms with E-state index >= 15 is 0 Å². The number of aliphatic imine (C=N–C) groups is 2. The zero-order chi connectivity index (χ0) is 22.2. The second-order valence-electron chi connectivity index (χ2n) is 6.83. The van der Waals surface area contributed by atoms with Crippen LogP contribution in [0.25, 0.3) is 0 Å². The highest BCUT2D eigenvalue weighted by Gasteiger charge is 2.26. The molecule has 0 bridgehead atoms. The molecule has 29 heavy (non-hydrogen) atoms. The number of carboxylic acid groups (broad SMARTS) is 1. The van der Waals surface area contributed by atoms with Crippen LogP contribution >= 0.6 is 0 Å². The Morgan fingerprint density at radius 3 is 1.97 bits per heavy atom. The standard InChI is InChI=1S/C18H35N7O4/c1-2-3-8-15(27)25-13(7-5-10-24-18(21)22)14(26)11-12(16(28)29)6-4-9-23-17(19)20/h12-13H,2-11H2,1H3,(H,25,27)(H,28,29)(H4,19,20,23)(H4,21,22,24)/t12-,13-/m0/s1. The third kappa shape index (κ3) is 13.9. The van der Waals surface area contributed by atoms with E-state index in [1.165, 1.54) is 0 Å². The van der Waals surface area contributed by atoms with Gasteiger partial charge in [0, 0.05) is 25.9 Å². The van der Waals surface area contributed by atoms with Crippen LogP contribution in [0.1, 0.15) is 58.3 Å². The summed E-state index contributed by atoms with van der Waals surface area (Å²) in [6.45, 7) is 2.57. The molecule has 0 aliphatic rings. The van der Waals surface area contributed by atoms with Crippen LogP contribution in [-0.4, -0.2) is 53.8 Å².